The fourth-order valence-corrected chi connectivity index (χ4v) is 3.71. The van der Waals surface area contributed by atoms with E-state index in [9.17, 15) is 39.3 Å². The Balaban J connectivity index is 2.12. The molecule has 2 rings (SSSR count). The van der Waals surface area contributed by atoms with Crippen molar-refractivity contribution >= 4 is 40.6 Å². The topological polar surface area (TPSA) is 224 Å². The Bertz CT molecular complexity index is 1150. The summed E-state index contributed by atoms with van der Waals surface area (Å²) in [6.07, 6.45) is -0.486. The lowest BCUT2D eigenvalue weighted by molar-refractivity contribution is -0.145. The third kappa shape index (κ3) is 8.02. The van der Waals surface area contributed by atoms with Gasteiger partial charge in [-0.15, -0.1) is 0 Å². The fourth-order valence-electron chi connectivity index (χ4n) is 3.71. The van der Waals surface area contributed by atoms with Gasteiger partial charge in [0.1, 0.15) is 18.1 Å². The van der Waals surface area contributed by atoms with E-state index in [1.807, 2.05) is 24.3 Å². The number of hydrogen-bond donors (Lipinski definition) is 8. The van der Waals surface area contributed by atoms with E-state index in [2.05, 4.69) is 20.9 Å². The molecule has 5 atom stereocenters. The molecule has 0 aliphatic heterocycles. The minimum atomic E-state index is -1.62. The van der Waals surface area contributed by atoms with E-state index in [0.29, 0.717) is 0 Å². The maximum absolute atomic E-state index is 12.9. The Morgan fingerprint density at radius 1 is 0.919 bits per heavy atom. The third-order valence-electron chi connectivity index (χ3n) is 5.76. The van der Waals surface area contributed by atoms with Crippen LogP contribution in [-0.4, -0.2) is 80.2 Å². The highest BCUT2D eigenvalue weighted by Gasteiger charge is 2.34. The molecule has 0 saturated carbocycles. The highest BCUT2D eigenvalue weighted by atomic mass is 16.4. The summed E-state index contributed by atoms with van der Waals surface area (Å²) in [6, 6.07) is 1.73. The predicted octanol–water partition coefficient (Wildman–Crippen LogP) is -0.912. The van der Waals surface area contributed by atoms with Crippen molar-refractivity contribution in [2.75, 3.05) is 0 Å². The number of aliphatic carboxylic acids is 2. The summed E-state index contributed by atoms with van der Waals surface area (Å²) in [6.45, 7) is 4.32. The summed E-state index contributed by atoms with van der Waals surface area (Å²) in [5.74, 6) is -6.05. The summed E-state index contributed by atoms with van der Waals surface area (Å²) in [5, 5.41) is 36.2. The number of benzene rings is 1. The Morgan fingerprint density at radius 3 is 2.11 bits per heavy atom. The van der Waals surface area contributed by atoms with Gasteiger partial charge in [-0.3, -0.25) is 19.2 Å². The quantitative estimate of drug-likeness (QED) is 0.164. The van der Waals surface area contributed by atoms with Gasteiger partial charge >= 0.3 is 11.9 Å². The first-order valence-corrected chi connectivity index (χ1v) is 11.7. The molecule has 0 fully saturated rings. The molecule has 9 N–H and O–H groups in total. The second-order valence-corrected chi connectivity index (χ2v) is 9.12. The Morgan fingerprint density at radius 2 is 1.54 bits per heavy atom. The van der Waals surface area contributed by atoms with E-state index in [1.165, 1.54) is 6.92 Å². The van der Waals surface area contributed by atoms with Crippen molar-refractivity contribution < 1.29 is 39.3 Å². The van der Waals surface area contributed by atoms with Crippen molar-refractivity contribution in [3.63, 3.8) is 0 Å². The maximum atomic E-state index is 12.9. The number of aliphatic hydroxyl groups excluding tert-OH is 1. The molecule has 13 heteroatoms. The zero-order valence-corrected chi connectivity index (χ0v) is 20.7. The SMILES string of the molecule is CC(C)C(NC(=O)C(NC(=O)C(CC(=O)O)NC(=O)C(N)Cc1c[nH]c2ccccc12)C(C)O)C(=O)O. The van der Waals surface area contributed by atoms with Gasteiger partial charge in [0.2, 0.25) is 17.7 Å². The monoisotopic (exact) mass is 519 g/mol. The molecule has 13 nitrogen and oxygen atoms in total. The van der Waals surface area contributed by atoms with Crippen LogP contribution in [0.25, 0.3) is 10.9 Å². The number of carbonyl (C=O) groups excluding carboxylic acids is 3. The normalized spacial score (nSPS) is 15.3. The number of carboxylic acid groups (broad SMARTS) is 2. The van der Waals surface area contributed by atoms with Crippen LogP contribution in [0.5, 0.6) is 0 Å². The number of carboxylic acids is 2. The number of aromatic nitrogens is 1. The first kappa shape index (κ1) is 29.3. The molecule has 0 spiro atoms. The van der Waals surface area contributed by atoms with E-state index >= 15 is 0 Å². The van der Waals surface area contributed by atoms with Gasteiger partial charge in [0.15, 0.2) is 0 Å². The van der Waals surface area contributed by atoms with E-state index in [-0.39, 0.29) is 6.42 Å². The van der Waals surface area contributed by atoms with Gasteiger partial charge in [-0.05, 0) is 30.9 Å². The van der Waals surface area contributed by atoms with Crippen molar-refractivity contribution in [2.45, 2.75) is 63.9 Å². The molecule has 37 heavy (non-hydrogen) atoms. The molecule has 202 valence electrons. The average Bonchev–Trinajstić information content (AvgIpc) is 3.21. The molecule has 2 aromatic rings. The van der Waals surface area contributed by atoms with Crippen LogP contribution >= 0.6 is 0 Å². The summed E-state index contributed by atoms with van der Waals surface area (Å²) in [4.78, 5) is 64.0. The van der Waals surface area contributed by atoms with Gasteiger partial charge in [-0.1, -0.05) is 32.0 Å². The van der Waals surface area contributed by atoms with Gasteiger partial charge in [0.05, 0.1) is 18.6 Å². The highest BCUT2D eigenvalue weighted by molar-refractivity contribution is 5.96. The van der Waals surface area contributed by atoms with Crippen LogP contribution in [0.1, 0.15) is 32.8 Å². The van der Waals surface area contributed by atoms with Crippen LogP contribution < -0.4 is 21.7 Å². The zero-order valence-electron chi connectivity index (χ0n) is 20.7. The van der Waals surface area contributed by atoms with Crippen LogP contribution in [0, 0.1) is 5.92 Å². The molecule has 5 unspecified atom stereocenters. The van der Waals surface area contributed by atoms with Gasteiger partial charge < -0.3 is 42.0 Å². The van der Waals surface area contributed by atoms with E-state index < -0.39 is 72.3 Å². The van der Waals surface area contributed by atoms with Gasteiger partial charge in [0, 0.05) is 17.1 Å². The van der Waals surface area contributed by atoms with Crippen molar-refractivity contribution in [3.8, 4) is 0 Å². The average molecular weight is 520 g/mol. The minimum Gasteiger partial charge on any atom is -0.481 e. The number of para-hydroxylation sites is 1. The Hall–Kier alpha value is -3.97. The number of hydrogen-bond acceptors (Lipinski definition) is 7. The molecule has 3 amide bonds. The molecule has 1 aromatic carbocycles. The Labute approximate surface area is 212 Å². The van der Waals surface area contributed by atoms with Gasteiger partial charge in [-0.2, -0.15) is 0 Å². The number of aliphatic hydroxyl groups is 1. The lowest BCUT2D eigenvalue weighted by Gasteiger charge is -2.27. The number of rotatable bonds is 13. The molecule has 0 aliphatic rings. The van der Waals surface area contributed by atoms with Gasteiger partial charge in [0.25, 0.3) is 0 Å². The van der Waals surface area contributed by atoms with Gasteiger partial charge in [-0.25, -0.2) is 4.79 Å². The zero-order chi connectivity index (χ0) is 27.9. The van der Waals surface area contributed by atoms with Crippen LogP contribution in [0.3, 0.4) is 0 Å². The molecule has 0 radical (unpaired) electrons. The third-order valence-corrected chi connectivity index (χ3v) is 5.76. The number of nitrogens with one attached hydrogen (secondary N) is 4. The van der Waals surface area contributed by atoms with E-state index in [0.717, 1.165) is 16.5 Å². The summed E-state index contributed by atoms with van der Waals surface area (Å²) >= 11 is 0. The second-order valence-electron chi connectivity index (χ2n) is 9.12. The number of nitrogens with two attached hydrogens (primary N) is 1. The molecule has 0 aliphatic carbocycles. The standard InChI is InChI=1S/C24H33N5O8/c1-11(2)19(24(36)37)28-23(35)20(12(3)30)29-22(34)17(9-18(31)32)27-21(33)15(25)8-13-10-26-16-7-5-4-6-14(13)16/h4-7,10-12,15,17,19-20,26,30H,8-9,25H2,1-3H3,(H,27,33)(H,28,35)(H,29,34)(H,31,32)(H,36,37). The minimum absolute atomic E-state index is 0.0989. The van der Waals surface area contributed by atoms with Crippen molar-refractivity contribution in [2.24, 2.45) is 11.7 Å². The molecule has 1 heterocycles. The van der Waals surface area contributed by atoms with E-state index in [4.69, 9.17) is 5.73 Å². The number of H-pyrrole nitrogens is 1. The van der Waals surface area contributed by atoms with Crippen molar-refractivity contribution in [3.05, 3.63) is 36.0 Å². The van der Waals surface area contributed by atoms with E-state index in [1.54, 1.807) is 20.0 Å². The number of amides is 3. The molecular weight excluding hydrogens is 486 g/mol. The van der Waals surface area contributed by atoms with Crippen molar-refractivity contribution in [1.29, 1.82) is 0 Å². The number of fused-ring (bicyclic) bond motifs is 1. The smallest absolute Gasteiger partial charge is 0.326 e. The molecular formula is C24H33N5O8. The largest absolute Gasteiger partial charge is 0.481 e. The molecule has 1 aromatic heterocycles. The molecule has 0 saturated heterocycles. The first-order chi connectivity index (χ1) is 17.3. The van der Waals surface area contributed by atoms with Crippen LogP contribution in [-0.2, 0) is 30.4 Å². The summed E-state index contributed by atoms with van der Waals surface area (Å²) in [7, 11) is 0. The lowest BCUT2D eigenvalue weighted by Crippen LogP contribution is -2.60. The number of aromatic amines is 1. The lowest BCUT2D eigenvalue weighted by atomic mass is 10.0. The maximum Gasteiger partial charge on any atom is 0.326 e. The first-order valence-electron chi connectivity index (χ1n) is 11.7. The van der Waals surface area contributed by atoms with Crippen LogP contribution in [0.2, 0.25) is 0 Å². The number of carbonyl (C=O) groups is 5. The summed E-state index contributed by atoms with van der Waals surface area (Å²) in [5.41, 5.74) is 7.62. The fraction of sp³-hybridized carbons (Fsp3) is 0.458. The van der Waals surface area contributed by atoms with Crippen molar-refractivity contribution in [1.82, 2.24) is 20.9 Å². The second kappa shape index (κ2) is 12.8. The molecule has 0 bridgehead atoms. The van der Waals surface area contributed by atoms with Crippen LogP contribution in [0.4, 0.5) is 0 Å². The highest BCUT2D eigenvalue weighted by Crippen LogP contribution is 2.18. The van der Waals surface area contributed by atoms with Crippen LogP contribution in [0.15, 0.2) is 30.5 Å². The predicted molar refractivity (Wildman–Crippen MR) is 132 cm³/mol. The summed E-state index contributed by atoms with van der Waals surface area (Å²) < 4.78 is 0. The Kier molecular flexibility index (Phi) is 10.1.